The van der Waals surface area contributed by atoms with Gasteiger partial charge in [0.25, 0.3) is 5.91 Å². The van der Waals surface area contributed by atoms with E-state index in [-0.39, 0.29) is 5.91 Å². The number of H-pyrrole nitrogens is 1. The molecule has 0 atom stereocenters. The van der Waals surface area contributed by atoms with Crippen LogP contribution in [0.3, 0.4) is 0 Å². The van der Waals surface area contributed by atoms with Crippen LogP contribution in [-0.2, 0) is 0 Å². The predicted octanol–water partition coefficient (Wildman–Crippen LogP) is 1.97. The SMILES string of the molecule is Cc1ccnc(NC(=O)c2ccc[nH]2)c1. The van der Waals surface area contributed by atoms with E-state index in [4.69, 9.17) is 0 Å². The number of nitrogens with zero attached hydrogens (tertiary/aromatic N) is 1. The van der Waals surface area contributed by atoms with Gasteiger partial charge in [-0.05, 0) is 36.8 Å². The Labute approximate surface area is 87.4 Å². The second kappa shape index (κ2) is 3.96. The van der Waals surface area contributed by atoms with Crippen molar-refractivity contribution in [3.8, 4) is 0 Å². The van der Waals surface area contributed by atoms with Gasteiger partial charge in [0, 0.05) is 12.4 Å². The molecular weight excluding hydrogens is 190 g/mol. The Morgan fingerprint density at radius 3 is 3.00 bits per heavy atom. The van der Waals surface area contributed by atoms with Gasteiger partial charge >= 0.3 is 0 Å². The second-order valence-electron chi connectivity index (χ2n) is 3.26. The minimum atomic E-state index is -0.182. The minimum absolute atomic E-state index is 0.182. The highest BCUT2D eigenvalue weighted by Crippen LogP contribution is 2.06. The topological polar surface area (TPSA) is 57.8 Å². The van der Waals surface area contributed by atoms with Crippen LogP contribution in [0.1, 0.15) is 16.1 Å². The van der Waals surface area contributed by atoms with Crippen molar-refractivity contribution in [1.29, 1.82) is 0 Å². The van der Waals surface area contributed by atoms with Crippen LogP contribution in [0.25, 0.3) is 0 Å². The summed E-state index contributed by atoms with van der Waals surface area (Å²) in [6, 6.07) is 7.19. The van der Waals surface area contributed by atoms with E-state index in [1.165, 1.54) is 0 Å². The van der Waals surface area contributed by atoms with Crippen molar-refractivity contribution in [3.63, 3.8) is 0 Å². The lowest BCUT2D eigenvalue weighted by atomic mass is 10.3. The fourth-order valence-corrected chi connectivity index (χ4v) is 1.26. The van der Waals surface area contributed by atoms with Crippen molar-refractivity contribution in [2.75, 3.05) is 5.32 Å². The van der Waals surface area contributed by atoms with E-state index >= 15 is 0 Å². The van der Waals surface area contributed by atoms with Gasteiger partial charge in [-0.3, -0.25) is 4.79 Å². The molecule has 4 heteroatoms. The number of hydrogen-bond acceptors (Lipinski definition) is 2. The van der Waals surface area contributed by atoms with Gasteiger partial charge in [0.05, 0.1) is 0 Å². The molecule has 4 nitrogen and oxygen atoms in total. The Morgan fingerprint density at radius 1 is 1.47 bits per heavy atom. The molecule has 0 saturated heterocycles. The van der Waals surface area contributed by atoms with Crippen LogP contribution >= 0.6 is 0 Å². The van der Waals surface area contributed by atoms with E-state index in [0.29, 0.717) is 11.5 Å². The highest BCUT2D eigenvalue weighted by atomic mass is 16.1. The molecule has 2 N–H and O–H groups in total. The minimum Gasteiger partial charge on any atom is -0.357 e. The van der Waals surface area contributed by atoms with Crippen LogP contribution in [0.4, 0.5) is 5.82 Å². The van der Waals surface area contributed by atoms with E-state index in [1.54, 1.807) is 24.5 Å². The first-order chi connectivity index (χ1) is 7.25. The molecule has 0 radical (unpaired) electrons. The zero-order valence-corrected chi connectivity index (χ0v) is 8.32. The largest absolute Gasteiger partial charge is 0.357 e. The maximum absolute atomic E-state index is 11.6. The van der Waals surface area contributed by atoms with Crippen molar-refractivity contribution in [2.24, 2.45) is 0 Å². The molecule has 0 aromatic carbocycles. The van der Waals surface area contributed by atoms with Crippen LogP contribution < -0.4 is 5.32 Å². The molecule has 15 heavy (non-hydrogen) atoms. The average Bonchev–Trinajstić information content (AvgIpc) is 2.70. The smallest absolute Gasteiger partial charge is 0.273 e. The van der Waals surface area contributed by atoms with Crippen LogP contribution in [-0.4, -0.2) is 15.9 Å². The molecule has 2 heterocycles. The van der Waals surface area contributed by atoms with E-state index < -0.39 is 0 Å². The number of aryl methyl sites for hydroxylation is 1. The van der Waals surface area contributed by atoms with Gasteiger partial charge in [0.1, 0.15) is 11.5 Å². The zero-order valence-electron chi connectivity index (χ0n) is 8.32. The molecule has 2 aromatic heterocycles. The van der Waals surface area contributed by atoms with Crippen molar-refractivity contribution in [3.05, 3.63) is 47.9 Å². The summed E-state index contributed by atoms with van der Waals surface area (Å²) in [6.07, 6.45) is 3.37. The third-order valence-corrected chi connectivity index (χ3v) is 2.00. The number of carbonyl (C=O) groups excluding carboxylic acids is 1. The summed E-state index contributed by atoms with van der Waals surface area (Å²) in [5, 5.41) is 2.70. The van der Waals surface area contributed by atoms with Gasteiger partial charge in [-0.15, -0.1) is 0 Å². The molecule has 2 rings (SSSR count). The summed E-state index contributed by atoms with van der Waals surface area (Å²) in [5.41, 5.74) is 1.59. The Hall–Kier alpha value is -2.10. The first-order valence-corrected chi connectivity index (χ1v) is 4.63. The third kappa shape index (κ3) is 2.22. The first kappa shape index (κ1) is 9.45. The van der Waals surface area contributed by atoms with Gasteiger partial charge in [-0.2, -0.15) is 0 Å². The van der Waals surface area contributed by atoms with Crippen molar-refractivity contribution in [1.82, 2.24) is 9.97 Å². The van der Waals surface area contributed by atoms with Crippen LogP contribution in [0.5, 0.6) is 0 Å². The molecule has 0 spiro atoms. The summed E-state index contributed by atoms with van der Waals surface area (Å²) in [7, 11) is 0. The number of rotatable bonds is 2. The maximum Gasteiger partial charge on any atom is 0.273 e. The van der Waals surface area contributed by atoms with E-state index in [0.717, 1.165) is 5.56 Å². The normalized spacial score (nSPS) is 9.93. The molecule has 0 bridgehead atoms. The summed E-state index contributed by atoms with van der Waals surface area (Å²) < 4.78 is 0. The third-order valence-electron chi connectivity index (χ3n) is 2.00. The number of hydrogen-bond donors (Lipinski definition) is 2. The number of aromatic nitrogens is 2. The Kier molecular flexibility index (Phi) is 2.49. The van der Waals surface area contributed by atoms with E-state index in [2.05, 4.69) is 15.3 Å². The molecule has 1 amide bonds. The Morgan fingerprint density at radius 2 is 2.33 bits per heavy atom. The molecule has 0 saturated carbocycles. The van der Waals surface area contributed by atoms with Crippen molar-refractivity contribution < 1.29 is 4.79 Å². The standard InChI is InChI=1S/C11H11N3O/c1-8-4-6-13-10(7-8)14-11(15)9-3-2-5-12-9/h2-7,12H,1H3,(H,13,14,15). The molecule has 0 aliphatic carbocycles. The molecule has 76 valence electrons. The van der Waals surface area contributed by atoms with E-state index in [1.807, 2.05) is 19.1 Å². The van der Waals surface area contributed by atoms with Gasteiger partial charge in [0.2, 0.25) is 0 Å². The monoisotopic (exact) mass is 201 g/mol. The Bertz CT molecular complexity index is 462. The van der Waals surface area contributed by atoms with Gasteiger partial charge in [0.15, 0.2) is 0 Å². The van der Waals surface area contributed by atoms with Gasteiger partial charge in [-0.1, -0.05) is 0 Å². The molecule has 0 aliphatic heterocycles. The zero-order chi connectivity index (χ0) is 10.7. The van der Waals surface area contributed by atoms with Gasteiger partial charge in [-0.25, -0.2) is 4.98 Å². The highest BCUT2D eigenvalue weighted by Gasteiger charge is 2.06. The molecule has 0 aliphatic rings. The second-order valence-corrected chi connectivity index (χ2v) is 3.26. The van der Waals surface area contributed by atoms with Crippen LogP contribution in [0.15, 0.2) is 36.7 Å². The van der Waals surface area contributed by atoms with Crippen molar-refractivity contribution >= 4 is 11.7 Å². The predicted molar refractivity (Wildman–Crippen MR) is 57.7 cm³/mol. The van der Waals surface area contributed by atoms with E-state index in [9.17, 15) is 4.79 Å². The lowest BCUT2D eigenvalue weighted by molar-refractivity contribution is 0.102. The lowest BCUT2D eigenvalue weighted by Gasteiger charge is -2.02. The summed E-state index contributed by atoms with van der Waals surface area (Å²) >= 11 is 0. The molecule has 2 aromatic rings. The molecular formula is C11H11N3O. The first-order valence-electron chi connectivity index (χ1n) is 4.63. The molecule has 0 fully saturated rings. The lowest BCUT2D eigenvalue weighted by Crippen LogP contribution is -2.13. The summed E-state index contributed by atoms with van der Waals surface area (Å²) in [4.78, 5) is 18.5. The molecule has 0 unspecified atom stereocenters. The quantitative estimate of drug-likeness (QED) is 0.780. The van der Waals surface area contributed by atoms with Gasteiger partial charge < -0.3 is 10.3 Å². The summed E-state index contributed by atoms with van der Waals surface area (Å²) in [5.74, 6) is 0.382. The fraction of sp³-hybridized carbons (Fsp3) is 0.0909. The number of anilines is 1. The fourth-order valence-electron chi connectivity index (χ4n) is 1.26. The number of amides is 1. The number of pyridine rings is 1. The summed E-state index contributed by atoms with van der Waals surface area (Å²) in [6.45, 7) is 1.95. The number of nitrogens with one attached hydrogen (secondary N) is 2. The van der Waals surface area contributed by atoms with Crippen molar-refractivity contribution in [2.45, 2.75) is 6.92 Å². The van der Waals surface area contributed by atoms with Crippen LogP contribution in [0.2, 0.25) is 0 Å². The van der Waals surface area contributed by atoms with Crippen LogP contribution in [0, 0.1) is 6.92 Å². The maximum atomic E-state index is 11.6. The average molecular weight is 201 g/mol. The Balaban J connectivity index is 2.13. The highest BCUT2D eigenvalue weighted by molar-refractivity contribution is 6.02. The number of aromatic amines is 1. The number of carbonyl (C=O) groups is 1.